The van der Waals surface area contributed by atoms with Gasteiger partial charge < -0.3 is 0 Å². The van der Waals surface area contributed by atoms with E-state index in [0.717, 1.165) is 6.42 Å². The Bertz CT molecular complexity index is 245. The van der Waals surface area contributed by atoms with E-state index in [4.69, 9.17) is 0 Å². The van der Waals surface area contributed by atoms with Gasteiger partial charge in [0.25, 0.3) is 0 Å². The maximum atomic E-state index is 4.34. The summed E-state index contributed by atoms with van der Waals surface area (Å²) in [5.41, 5.74) is 3.65. The van der Waals surface area contributed by atoms with Crippen LogP contribution in [0.1, 0.15) is 37.8 Å². The summed E-state index contributed by atoms with van der Waals surface area (Å²) in [7, 11) is 0. The van der Waals surface area contributed by atoms with Gasteiger partial charge in [-0.25, -0.2) is 4.98 Å². The molecule has 0 spiro atoms. The lowest BCUT2D eigenvalue weighted by Gasteiger charge is -2.16. The fraction of sp³-hybridized carbons (Fsp3) is 0.700. The zero-order valence-corrected chi connectivity index (χ0v) is 9.16. The Morgan fingerprint density at radius 2 is 2.08 bits per heavy atom. The van der Waals surface area contributed by atoms with Crippen LogP contribution in [0.5, 0.6) is 0 Å². The third kappa shape index (κ3) is 2.94. The van der Waals surface area contributed by atoms with E-state index in [0.29, 0.717) is 5.41 Å². The highest BCUT2D eigenvalue weighted by molar-refractivity contribution is 7.09. The standard InChI is InChI=1S/C10H17NS/c1-8-9(11-7-12-8)5-6-10(2,3)4/h7H,5-6H2,1-4H3. The molecule has 68 valence electrons. The van der Waals surface area contributed by atoms with E-state index in [1.54, 1.807) is 11.3 Å². The van der Waals surface area contributed by atoms with Crippen LogP contribution in [0.2, 0.25) is 0 Å². The highest BCUT2D eigenvalue weighted by atomic mass is 32.1. The van der Waals surface area contributed by atoms with Crippen LogP contribution in [0.4, 0.5) is 0 Å². The molecule has 1 aromatic heterocycles. The van der Waals surface area contributed by atoms with Gasteiger partial charge in [0.1, 0.15) is 0 Å². The molecule has 0 atom stereocenters. The summed E-state index contributed by atoms with van der Waals surface area (Å²) in [6.07, 6.45) is 2.34. The molecule has 0 radical (unpaired) electrons. The Morgan fingerprint density at radius 1 is 1.42 bits per heavy atom. The molecular formula is C10H17NS. The molecule has 0 aromatic carbocycles. The molecule has 0 aliphatic heterocycles. The lowest BCUT2D eigenvalue weighted by molar-refractivity contribution is 0.376. The fourth-order valence-electron chi connectivity index (χ4n) is 1.06. The topological polar surface area (TPSA) is 12.9 Å². The van der Waals surface area contributed by atoms with Crippen molar-refractivity contribution in [2.24, 2.45) is 5.41 Å². The normalized spacial score (nSPS) is 12.0. The van der Waals surface area contributed by atoms with Gasteiger partial charge in [0.2, 0.25) is 0 Å². The van der Waals surface area contributed by atoms with Crippen LogP contribution in [-0.2, 0) is 6.42 Å². The molecule has 1 rings (SSSR count). The predicted octanol–water partition coefficient (Wildman–Crippen LogP) is 3.43. The van der Waals surface area contributed by atoms with Crippen molar-refractivity contribution in [3.63, 3.8) is 0 Å². The molecule has 0 amide bonds. The molecule has 1 heterocycles. The summed E-state index contributed by atoms with van der Waals surface area (Å²) in [5, 5.41) is 0. The first-order valence-corrected chi connectivity index (χ1v) is 5.26. The van der Waals surface area contributed by atoms with Gasteiger partial charge in [-0.15, -0.1) is 11.3 Å². The third-order valence-electron chi connectivity index (χ3n) is 1.96. The monoisotopic (exact) mass is 183 g/mol. The van der Waals surface area contributed by atoms with E-state index in [1.165, 1.54) is 17.0 Å². The average molecular weight is 183 g/mol. The maximum absolute atomic E-state index is 4.34. The van der Waals surface area contributed by atoms with E-state index in [9.17, 15) is 0 Å². The summed E-state index contributed by atoms with van der Waals surface area (Å²) >= 11 is 1.74. The first-order valence-electron chi connectivity index (χ1n) is 4.38. The molecule has 2 heteroatoms. The molecule has 0 saturated heterocycles. The number of hydrogen-bond donors (Lipinski definition) is 0. The molecule has 1 nitrogen and oxygen atoms in total. The van der Waals surface area contributed by atoms with Gasteiger partial charge in [0.15, 0.2) is 0 Å². The van der Waals surface area contributed by atoms with Gasteiger partial charge >= 0.3 is 0 Å². The van der Waals surface area contributed by atoms with Crippen molar-refractivity contribution in [3.8, 4) is 0 Å². The van der Waals surface area contributed by atoms with Crippen molar-refractivity contribution in [1.29, 1.82) is 0 Å². The van der Waals surface area contributed by atoms with Crippen molar-refractivity contribution in [2.45, 2.75) is 40.5 Å². The molecule has 0 fully saturated rings. The number of aryl methyl sites for hydroxylation is 2. The van der Waals surface area contributed by atoms with Crippen molar-refractivity contribution in [1.82, 2.24) is 4.98 Å². The van der Waals surface area contributed by atoms with Crippen molar-refractivity contribution in [3.05, 3.63) is 16.1 Å². The average Bonchev–Trinajstić information content (AvgIpc) is 2.29. The zero-order valence-electron chi connectivity index (χ0n) is 8.35. The van der Waals surface area contributed by atoms with E-state index in [-0.39, 0.29) is 0 Å². The lowest BCUT2D eigenvalue weighted by Crippen LogP contribution is -2.06. The Morgan fingerprint density at radius 3 is 2.50 bits per heavy atom. The van der Waals surface area contributed by atoms with Gasteiger partial charge in [-0.2, -0.15) is 0 Å². The molecule has 0 aliphatic carbocycles. The maximum Gasteiger partial charge on any atom is 0.0797 e. The van der Waals surface area contributed by atoms with Crippen LogP contribution >= 0.6 is 11.3 Å². The predicted molar refractivity (Wildman–Crippen MR) is 54.6 cm³/mol. The van der Waals surface area contributed by atoms with Crippen molar-refractivity contribution < 1.29 is 0 Å². The minimum Gasteiger partial charge on any atom is -0.249 e. The minimum absolute atomic E-state index is 0.427. The van der Waals surface area contributed by atoms with Gasteiger partial charge in [-0.05, 0) is 25.2 Å². The minimum atomic E-state index is 0.427. The lowest BCUT2D eigenvalue weighted by atomic mass is 9.90. The van der Waals surface area contributed by atoms with Gasteiger partial charge in [0.05, 0.1) is 11.2 Å². The molecular weight excluding hydrogens is 166 g/mol. The number of nitrogens with zero attached hydrogens (tertiary/aromatic N) is 1. The summed E-state index contributed by atoms with van der Waals surface area (Å²) in [5.74, 6) is 0. The van der Waals surface area contributed by atoms with Crippen LogP contribution in [0, 0.1) is 12.3 Å². The van der Waals surface area contributed by atoms with Gasteiger partial charge in [-0.3, -0.25) is 0 Å². The van der Waals surface area contributed by atoms with Crippen molar-refractivity contribution in [2.75, 3.05) is 0 Å². The van der Waals surface area contributed by atoms with E-state index >= 15 is 0 Å². The third-order valence-corrected chi connectivity index (χ3v) is 2.76. The Labute approximate surface area is 78.8 Å². The summed E-state index contributed by atoms with van der Waals surface area (Å²) in [6.45, 7) is 8.97. The quantitative estimate of drug-likeness (QED) is 0.684. The van der Waals surface area contributed by atoms with Crippen LogP contribution in [0.15, 0.2) is 5.51 Å². The highest BCUT2D eigenvalue weighted by Crippen LogP contribution is 2.22. The Kier molecular flexibility index (Phi) is 2.89. The summed E-state index contributed by atoms with van der Waals surface area (Å²) in [6, 6.07) is 0. The molecule has 0 bridgehead atoms. The molecule has 0 aliphatic rings. The fourth-order valence-corrected chi connectivity index (χ4v) is 1.69. The largest absolute Gasteiger partial charge is 0.249 e. The number of rotatable bonds is 2. The Hall–Kier alpha value is -0.370. The second-order valence-electron chi connectivity index (χ2n) is 4.42. The Balaban J connectivity index is 2.49. The molecule has 12 heavy (non-hydrogen) atoms. The van der Waals surface area contributed by atoms with Crippen LogP contribution in [0.3, 0.4) is 0 Å². The smallest absolute Gasteiger partial charge is 0.0797 e. The van der Waals surface area contributed by atoms with E-state index < -0.39 is 0 Å². The van der Waals surface area contributed by atoms with E-state index in [2.05, 4.69) is 32.7 Å². The number of thiazole rings is 1. The van der Waals surface area contributed by atoms with Crippen LogP contribution in [0.25, 0.3) is 0 Å². The SMILES string of the molecule is Cc1scnc1CCC(C)(C)C. The summed E-state index contributed by atoms with van der Waals surface area (Å²) < 4.78 is 0. The van der Waals surface area contributed by atoms with Crippen LogP contribution < -0.4 is 0 Å². The van der Waals surface area contributed by atoms with Gasteiger partial charge in [-0.1, -0.05) is 20.8 Å². The second-order valence-corrected chi connectivity index (χ2v) is 5.47. The second kappa shape index (κ2) is 3.56. The first kappa shape index (κ1) is 9.72. The number of hydrogen-bond acceptors (Lipinski definition) is 2. The molecule has 0 saturated carbocycles. The van der Waals surface area contributed by atoms with Crippen molar-refractivity contribution >= 4 is 11.3 Å². The molecule has 1 aromatic rings. The first-order chi connectivity index (χ1) is 5.49. The van der Waals surface area contributed by atoms with Crippen LogP contribution in [-0.4, -0.2) is 4.98 Å². The van der Waals surface area contributed by atoms with Gasteiger partial charge in [0, 0.05) is 4.88 Å². The molecule has 0 unspecified atom stereocenters. The molecule has 0 N–H and O–H groups in total. The highest BCUT2D eigenvalue weighted by Gasteiger charge is 2.11. The number of aromatic nitrogens is 1. The summed E-state index contributed by atoms with van der Waals surface area (Å²) in [4.78, 5) is 5.71. The van der Waals surface area contributed by atoms with E-state index in [1.807, 2.05) is 5.51 Å². The zero-order chi connectivity index (χ0) is 9.19.